The van der Waals surface area contributed by atoms with Crippen LogP contribution in [0.1, 0.15) is 20.3 Å². The Morgan fingerprint density at radius 1 is 1.15 bits per heavy atom. The third kappa shape index (κ3) is 8.05. The Labute approximate surface area is 162 Å². The van der Waals surface area contributed by atoms with E-state index >= 15 is 0 Å². The molecule has 0 saturated carbocycles. The fourth-order valence-corrected chi connectivity index (χ4v) is 3.13. The van der Waals surface area contributed by atoms with Crippen molar-refractivity contribution < 1.29 is 19.0 Å². The van der Waals surface area contributed by atoms with Crippen LogP contribution in [0.15, 0.2) is 24.3 Å². The molecule has 152 valence electrons. The molecule has 1 aliphatic rings. The van der Waals surface area contributed by atoms with Crippen molar-refractivity contribution in [2.45, 2.75) is 26.3 Å². The summed E-state index contributed by atoms with van der Waals surface area (Å²) in [6.45, 7) is 9.32. The number of amides is 2. The molecule has 1 atom stereocenters. The van der Waals surface area contributed by atoms with Gasteiger partial charge in [0.15, 0.2) is 0 Å². The Morgan fingerprint density at radius 2 is 1.81 bits per heavy atom. The summed E-state index contributed by atoms with van der Waals surface area (Å²) in [5, 5.41) is 5.84. The van der Waals surface area contributed by atoms with Crippen molar-refractivity contribution in [3.63, 3.8) is 0 Å². The molecule has 1 aromatic carbocycles. The summed E-state index contributed by atoms with van der Waals surface area (Å²) in [6, 6.07) is 7.56. The lowest BCUT2D eigenvalue weighted by molar-refractivity contribution is 0.0129. The zero-order valence-corrected chi connectivity index (χ0v) is 16.7. The molecule has 2 amide bonds. The molecular weight excluding hydrogens is 346 g/mol. The smallest absolute Gasteiger partial charge is 0.314 e. The van der Waals surface area contributed by atoms with E-state index in [1.54, 1.807) is 7.11 Å². The number of carbonyl (C=O) groups is 1. The molecule has 1 aromatic rings. The Morgan fingerprint density at radius 3 is 2.44 bits per heavy atom. The number of nitrogens with one attached hydrogen (secondary N) is 2. The molecule has 0 spiro atoms. The molecule has 0 aromatic heterocycles. The maximum absolute atomic E-state index is 12.1. The zero-order valence-electron chi connectivity index (χ0n) is 16.7. The van der Waals surface area contributed by atoms with Gasteiger partial charge >= 0.3 is 6.03 Å². The molecule has 7 nitrogen and oxygen atoms in total. The van der Waals surface area contributed by atoms with Gasteiger partial charge in [-0.2, -0.15) is 0 Å². The Bertz CT molecular complexity index is 545. The van der Waals surface area contributed by atoms with Gasteiger partial charge in [-0.3, -0.25) is 4.90 Å². The number of ether oxygens (including phenoxy) is 3. The van der Waals surface area contributed by atoms with Crippen LogP contribution in [0.2, 0.25) is 0 Å². The van der Waals surface area contributed by atoms with Gasteiger partial charge in [0.05, 0.1) is 26.9 Å². The molecule has 1 saturated heterocycles. The number of carbonyl (C=O) groups excluding carboxylic acids is 1. The van der Waals surface area contributed by atoms with Gasteiger partial charge in [-0.25, -0.2) is 4.79 Å². The molecule has 27 heavy (non-hydrogen) atoms. The highest BCUT2D eigenvalue weighted by molar-refractivity contribution is 5.73. The van der Waals surface area contributed by atoms with E-state index in [1.165, 1.54) is 0 Å². The molecule has 1 heterocycles. The van der Waals surface area contributed by atoms with Crippen molar-refractivity contribution in [3.8, 4) is 11.5 Å². The van der Waals surface area contributed by atoms with E-state index in [0.29, 0.717) is 31.7 Å². The number of nitrogens with zero attached hydrogens (tertiary/aromatic N) is 1. The summed E-state index contributed by atoms with van der Waals surface area (Å²) in [5.41, 5.74) is 0. The van der Waals surface area contributed by atoms with Gasteiger partial charge in [-0.15, -0.1) is 0 Å². The molecule has 2 rings (SSSR count). The minimum atomic E-state index is -0.157. The molecule has 1 fully saturated rings. The minimum absolute atomic E-state index is 0.157. The molecule has 7 heteroatoms. The number of methoxy groups -OCH3 is 1. The maximum atomic E-state index is 12.1. The van der Waals surface area contributed by atoms with Crippen molar-refractivity contribution in [1.82, 2.24) is 15.5 Å². The highest BCUT2D eigenvalue weighted by atomic mass is 16.5. The average molecular weight is 380 g/mol. The number of rotatable bonds is 10. The molecular formula is C20H33N3O4. The monoisotopic (exact) mass is 379 g/mol. The van der Waals surface area contributed by atoms with E-state index in [9.17, 15) is 4.79 Å². The van der Waals surface area contributed by atoms with E-state index in [4.69, 9.17) is 14.2 Å². The lowest BCUT2D eigenvalue weighted by Gasteiger charge is -2.35. The van der Waals surface area contributed by atoms with E-state index in [-0.39, 0.29) is 6.03 Å². The topological polar surface area (TPSA) is 72.1 Å². The summed E-state index contributed by atoms with van der Waals surface area (Å²) in [5.74, 6) is 2.12. The number of urea groups is 1. The van der Waals surface area contributed by atoms with Gasteiger partial charge in [0, 0.05) is 25.7 Å². The van der Waals surface area contributed by atoms with Crippen LogP contribution in [-0.4, -0.2) is 70.1 Å². The van der Waals surface area contributed by atoms with E-state index in [0.717, 1.165) is 44.2 Å². The first kappa shape index (κ1) is 21.3. The molecule has 0 bridgehead atoms. The van der Waals surface area contributed by atoms with Crippen molar-refractivity contribution in [2.24, 2.45) is 5.92 Å². The molecule has 1 unspecified atom stereocenters. The van der Waals surface area contributed by atoms with Gasteiger partial charge in [-0.1, -0.05) is 13.8 Å². The van der Waals surface area contributed by atoms with Gasteiger partial charge in [0.25, 0.3) is 0 Å². The normalized spacial score (nSPS) is 16.0. The summed E-state index contributed by atoms with van der Waals surface area (Å²) >= 11 is 0. The number of morpholine rings is 1. The Balaban J connectivity index is 1.65. The first-order valence-corrected chi connectivity index (χ1v) is 9.69. The summed E-state index contributed by atoms with van der Waals surface area (Å²) < 4.78 is 16.2. The summed E-state index contributed by atoms with van der Waals surface area (Å²) in [6.07, 6.45) is 1.06. The first-order chi connectivity index (χ1) is 13.1. The van der Waals surface area contributed by atoms with Crippen LogP contribution in [0.4, 0.5) is 4.79 Å². The third-order valence-electron chi connectivity index (χ3n) is 4.52. The fraction of sp³-hybridized carbons (Fsp3) is 0.650. The fourth-order valence-electron chi connectivity index (χ4n) is 3.13. The third-order valence-corrected chi connectivity index (χ3v) is 4.52. The van der Waals surface area contributed by atoms with Gasteiger partial charge in [-0.05, 0) is 36.6 Å². The summed E-state index contributed by atoms with van der Waals surface area (Å²) in [7, 11) is 1.63. The highest BCUT2D eigenvalue weighted by Gasteiger charge is 2.22. The summed E-state index contributed by atoms with van der Waals surface area (Å²) in [4.78, 5) is 14.5. The van der Waals surface area contributed by atoms with Crippen LogP contribution in [0.25, 0.3) is 0 Å². The van der Waals surface area contributed by atoms with Crippen molar-refractivity contribution in [2.75, 3.05) is 53.1 Å². The Hall–Kier alpha value is -1.99. The molecule has 0 aliphatic carbocycles. The second kappa shape index (κ2) is 11.7. The van der Waals surface area contributed by atoms with E-state index in [2.05, 4.69) is 29.4 Å². The predicted octanol–water partition coefficient (Wildman–Crippen LogP) is 2.12. The largest absolute Gasteiger partial charge is 0.497 e. The Kier molecular flexibility index (Phi) is 9.21. The maximum Gasteiger partial charge on any atom is 0.314 e. The predicted molar refractivity (Wildman–Crippen MR) is 106 cm³/mol. The van der Waals surface area contributed by atoms with Crippen LogP contribution in [0, 0.1) is 5.92 Å². The van der Waals surface area contributed by atoms with Crippen LogP contribution >= 0.6 is 0 Å². The minimum Gasteiger partial charge on any atom is -0.497 e. The van der Waals surface area contributed by atoms with Crippen LogP contribution in [0.3, 0.4) is 0 Å². The number of hydrogen-bond donors (Lipinski definition) is 2. The second-order valence-corrected chi connectivity index (χ2v) is 7.09. The van der Waals surface area contributed by atoms with Crippen LogP contribution < -0.4 is 20.1 Å². The standard InChI is InChI=1S/C20H33N3O4/c1-16(2)14-17(23-9-12-26-13-10-23)15-22-20(24)21-8-11-27-19-6-4-18(25-3)5-7-19/h4-7,16-17H,8-15H2,1-3H3,(H2,21,22,24). The lowest BCUT2D eigenvalue weighted by atomic mass is 10.0. The first-order valence-electron chi connectivity index (χ1n) is 9.69. The van der Waals surface area contributed by atoms with Crippen LogP contribution in [-0.2, 0) is 4.74 Å². The molecule has 1 aliphatic heterocycles. The van der Waals surface area contributed by atoms with E-state index < -0.39 is 0 Å². The van der Waals surface area contributed by atoms with Crippen molar-refractivity contribution in [1.29, 1.82) is 0 Å². The van der Waals surface area contributed by atoms with E-state index in [1.807, 2.05) is 24.3 Å². The van der Waals surface area contributed by atoms with Crippen molar-refractivity contribution in [3.05, 3.63) is 24.3 Å². The second-order valence-electron chi connectivity index (χ2n) is 7.09. The van der Waals surface area contributed by atoms with Gasteiger partial charge < -0.3 is 24.8 Å². The molecule has 2 N–H and O–H groups in total. The zero-order chi connectivity index (χ0) is 19.5. The lowest BCUT2D eigenvalue weighted by Crippen LogP contribution is -2.50. The molecule has 0 radical (unpaired) electrons. The van der Waals surface area contributed by atoms with Gasteiger partial charge in [0.1, 0.15) is 18.1 Å². The average Bonchev–Trinajstić information content (AvgIpc) is 2.69. The van der Waals surface area contributed by atoms with Gasteiger partial charge in [0.2, 0.25) is 0 Å². The number of hydrogen-bond acceptors (Lipinski definition) is 5. The number of benzene rings is 1. The SMILES string of the molecule is COc1ccc(OCCNC(=O)NCC(CC(C)C)N2CCOCC2)cc1. The quantitative estimate of drug-likeness (QED) is 0.610. The highest BCUT2D eigenvalue weighted by Crippen LogP contribution is 2.16. The van der Waals surface area contributed by atoms with Crippen LogP contribution in [0.5, 0.6) is 11.5 Å². The van der Waals surface area contributed by atoms with Crippen molar-refractivity contribution >= 4 is 6.03 Å².